The molecule has 4 amide bonds. The number of imide groups is 2. The van der Waals surface area contributed by atoms with Gasteiger partial charge in [-0.05, 0) is 35.9 Å². The Hall–Kier alpha value is -3.36. The third-order valence-corrected chi connectivity index (χ3v) is 3.63. The molecule has 26 heavy (non-hydrogen) atoms. The van der Waals surface area contributed by atoms with E-state index < -0.39 is 29.6 Å². The molecule has 0 spiro atoms. The zero-order valence-electron chi connectivity index (χ0n) is 13.0. The van der Waals surface area contributed by atoms with E-state index >= 15 is 0 Å². The third-order valence-electron chi connectivity index (χ3n) is 3.63. The second-order valence-corrected chi connectivity index (χ2v) is 5.41. The van der Waals surface area contributed by atoms with Crippen LogP contribution < -0.4 is 5.32 Å². The van der Waals surface area contributed by atoms with Gasteiger partial charge in [0.25, 0.3) is 11.8 Å². The number of amides is 4. The zero-order chi connectivity index (χ0) is 18.9. The van der Waals surface area contributed by atoms with E-state index in [9.17, 15) is 27.6 Å². The fraction of sp³-hybridized carbons (Fsp3) is 0.118. The molecule has 1 aliphatic heterocycles. The minimum atomic E-state index is -4.49. The van der Waals surface area contributed by atoms with Crippen LogP contribution in [0.25, 0.3) is 6.08 Å². The number of hydrogen-bond acceptors (Lipinski definition) is 4. The van der Waals surface area contributed by atoms with Gasteiger partial charge in [-0.1, -0.05) is 12.1 Å². The van der Waals surface area contributed by atoms with Gasteiger partial charge in [0, 0.05) is 0 Å². The third kappa shape index (κ3) is 3.51. The van der Waals surface area contributed by atoms with E-state index in [1.54, 1.807) is 12.1 Å². The van der Waals surface area contributed by atoms with Gasteiger partial charge in [-0.25, -0.2) is 4.79 Å². The van der Waals surface area contributed by atoms with Crippen molar-refractivity contribution in [1.29, 1.82) is 0 Å². The Balaban J connectivity index is 1.87. The first-order chi connectivity index (χ1) is 12.3. The Labute approximate surface area is 144 Å². The summed E-state index contributed by atoms with van der Waals surface area (Å²) < 4.78 is 42.8. The van der Waals surface area contributed by atoms with Crippen molar-refractivity contribution in [3.05, 3.63) is 65.1 Å². The molecule has 0 aliphatic carbocycles. The summed E-state index contributed by atoms with van der Waals surface area (Å²) in [6, 6.07) is 6.16. The first-order valence-electron chi connectivity index (χ1n) is 7.34. The van der Waals surface area contributed by atoms with Crippen LogP contribution in [-0.4, -0.2) is 22.7 Å². The molecule has 134 valence electrons. The highest BCUT2D eigenvalue weighted by molar-refractivity contribution is 6.30. The predicted octanol–water partition coefficient (Wildman–Crippen LogP) is 2.96. The Morgan fingerprint density at radius 3 is 2.35 bits per heavy atom. The van der Waals surface area contributed by atoms with E-state index in [4.69, 9.17) is 4.42 Å². The van der Waals surface area contributed by atoms with Crippen LogP contribution in [0.4, 0.5) is 18.0 Å². The number of urea groups is 1. The van der Waals surface area contributed by atoms with Crippen LogP contribution in [0.15, 0.2) is 52.7 Å². The molecule has 1 saturated heterocycles. The number of rotatable bonds is 3. The van der Waals surface area contributed by atoms with Crippen LogP contribution in [0.3, 0.4) is 0 Å². The van der Waals surface area contributed by atoms with Gasteiger partial charge in [-0.2, -0.15) is 13.2 Å². The van der Waals surface area contributed by atoms with E-state index in [-0.39, 0.29) is 17.7 Å². The maximum absolute atomic E-state index is 12.6. The summed E-state index contributed by atoms with van der Waals surface area (Å²) in [7, 11) is 0. The van der Waals surface area contributed by atoms with Crippen molar-refractivity contribution in [1.82, 2.24) is 10.2 Å². The van der Waals surface area contributed by atoms with Gasteiger partial charge < -0.3 is 4.42 Å². The summed E-state index contributed by atoms with van der Waals surface area (Å²) in [5.41, 5.74) is -1.01. The molecule has 1 fully saturated rings. The van der Waals surface area contributed by atoms with Crippen molar-refractivity contribution in [3.63, 3.8) is 0 Å². The lowest BCUT2D eigenvalue weighted by atomic mass is 10.1. The Kier molecular flexibility index (Phi) is 4.37. The topological polar surface area (TPSA) is 79.6 Å². The molecule has 0 atom stereocenters. The summed E-state index contributed by atoms with van der Waals surface area (Å²) in [6.45, 7) is -0.185. The van der Waals surface area contributed by atoms with Crippen molar-refractivity contribution < 1.29 is 32.0 Å². The molecule has 1 aromatic heterocycles. The normalized spacial score (nSPS) is 17.0. The van der Waals surface area contributed by atoms with Crippen LogP contribution in [-0.2, 0) is 22.3 Å². The number of carbonyl (C=O) groups excluding carboxylic acids is 3. The average Bonchev–Trinajstić information content (AvgIpc) is 3.08. The Bertz CT molecular complexity index is 884. The number of benzene rings is 1. The molecule has 3 rings (SSSR count). The summed E-state index contributed by atoms with van der Waals surface area (Å²) in [5, 5.41) is 2.02. The highest BCUT2D eigenvalue weighted by atomic mass is 19.4. The number of halogens is 3. The molecule has 6 nitrogen and oxygen atoms in total. The highest BCUT2D eigenvalue weighted by Crippen LogP contribution is 2.29. The molecule has 0 radical (unpaired) electrons. The smallest absolute Gasteiger partial charge is 0.416 e. The monoisotopic (exact) mass is 364 g/mol. The van der Waals surface area contributed by atoms with Gasteiger partial charge in [-0.15, -0.1) is 0 Å². The van der Waals surface area contributed by atoms with Gasteiger partial charge in [-0.3, -0.25) is 19.8 Å². The maximum atomic E-state index is 12.6. The second kappa shape index (κ2) is 6.51. The Morgan fingerprint density at radius 1 is 1.08 bits per heavy atom. The predicted molar refractivity (Wildman–Crippen MR) is 82.2 cm³/mol. The van der Waals surface area contributed by atoms with E-state index in [1.807, 2.05) is 5.32 Å². The van der Waals surface area contributed by atoms with E-state index in [0.29, 0.717) is 5.76 Å². The number of hydrogen-bond donors (Lipinski definition) is 1. The molecular formula is C17H11F3N2O4. The molecule has 0 bridgehead atoms. The van der Waals surface area contributed by atoms with Gasteiger partial charge in [0.05, 0.1) is 18.4 Å². The van der Waals surface area contributed by atoms with Gasteiger partial charge in [0.15, 0.2) is 0 Å². The van der Waals surface area contributed by atoms with Gasteiger partial charge >= 0.3 is 12.2 Å². The van der Waals surface area contributed by atoms with Gasteiger partial charge in [0.1, 0.15) is 11.3 Å². The minimum absolute atomic E-state index is 0.185. The quantitative estimate of drug-likeness (QED) is 0.671. The molecule has 0 unspecified atom stereocenters. The number of barbiturate groups is 1. The van der Waals surface area contributed by atoms with Gasteiger partial charge in [0.2, 0.25) is 0 Å². The largest absolute Gasteiger partial charge is 0.467 e. The van der Waals surface area contributed by atoms with E-state index in [2.05, 4.69) is 0 Å². The SMILES string of the molecule is O=C1NC(=O)N(Cc2ccco2)C(=O)C1=Cc1ccc(C(F)(F)F)cc1. The van der Waals surface area contributed by atoms with Crippen molar-refractivity contribution in [2.75, 3.05) is 0 Å². The lowest BCUT2D eigenvalue weighted by Gasteiger charge is -2.25. The van der Waals surface area contributed by atoms with Crippen molar-refractivity contribution in [2.45, 2.75) is 12.7 Å². The lowest BCUT2D eigenvalue weighted by molar-refractivity contribution is -0.137. The summed E-state index contributed by atoms with van der Waals surface area (Å²) in [5.74, 6) is -1.46. The maximum Gasteiger partial charge on any atom is 0.416 e. The van der Waals surface area contributed by atoms with Crippen LogP contribution in [0.2, 0.25) is 0 Å². The van der Waals surface area contributed by atoms with Crippen molar-refractivity contribution in [2.24, 2.45) is 0 Å². The fourth-order valence-corrected chi connectivity index (χ4v) is 2.33. The van der Waals surface area contributed by atoms with Crippen molar-refractivity contribution in [3.8, 4) is 0 Å². The average molecular weight is 364 g/mol. The first-order valence-corrected chi connectivity index (χ1v) is 7.34. The molecule has 9 heteroatoms. The van der Waals surface area contributed by atoms with Crippen LogP contribution >= 0.6 is 0 Å². The Morgan fingerprint density at radius 2 is 1.77 bits per heavy atom. The number of nitrogens with zero attached hydrogens (tertiary/aromatic N) is 1. The highest BCUT2D eigenvalue weighted by Gasteiger charge is 2.36. The summed E-state index contributed by atoms with van der Waals surface area (Å²) >= 11 is 0. The summed E-state index contributed by atoms with van der Waals surface area (Å²) in [4.78, 5) is 37.0. The lowest BCUT2D eigenvalue weighted by Crippen LogP contribution is -2.53. The molecule has 1 N–H and O–H groups in total. The van der Waals surface area contributed by atoms with E-state index in [0.717, 1.165) is 35.2 Å². The van der Waals surface area contributed by atoms with Crippen LogP contribution in [0, 0.1) is 0 Å². The van der Waals surface area contributed by atoms with Crippen LogP contribution in [0.1, 0.15) is 16.9 Å². The fourth-order valence-electron chi connectivity index (χ4n) is 2.33. The molecule has 0 saturated carbocycles. The number of carbonyl (C=O) groups is 3. The van der Waals surface area contributed by atoms with Crippen LogP contribution in [0.5, 0.6) is 0 Å². The number of nitrogens with one attached hydrogen (secondary N) is 1. The molecule has 1 aromatic carbocycles. The molecular weight excluding hydrogens is 353 g/mol. The standard InChI is InChI=1S/C17H11F3N2O4/c18-17(19,20)11-5-3-10(4-6-11)8-13-14(23)21-16(25)22(15(13)24)9-12-2-1-7-26-12/h1-8H,9H2,(H,21,23,25). The molecule has 2 aromatic rings. The van der Waals surface area contributed by atoms with Crippen molar-refractivity contribution >= 4 is 23.9 Å². The summed E-state index contributed by atoms with van der Waals surface area (Å²) in [6.07, 6.45) is -2.00. The first kappa shape index (κ1) is 17.5. The second-order valence-electron chi connectivity index (χ2n) is 5.41. The minimum Gasteiger partial charge on any atom is -0.467 e. The molecule has 1 aliphatic rings. The molecule has 2 heterocycles. The number of alkyl halides is 3. The number of furan rings is 1. The van der Waals surface area contributed by atoms with E-state index in [1.165, 1.54) is 6.26 Å². The zero-order valence-corrected chi connectivity index (χ0v) is 13.0.